The first-order valence-electron chi connectivity index (χ1n) is 9.24. The molecule has 2 aliphatic carbocycles. The summed E-state index contributed by atoms with van der Waals surface area (Å²) in [5.74, 6) is 0. The van der Waals surface area contributed by atoms with Gasteiger partial charge in [0.2, 0.25) is 0 Å². The van der Waals surface area contributed by atoms with E-state index in [2.05, 4.69) is 42.5 Å². The molecule has 0 heterocycles. The highest BCUT2D eigenvalue weighted by molar-refractivity contribution is 6.62. The van der Waals surface area contributed by atoms with E-state index in [0.717, 1.165) is 5.39 Å². The Balaban J connectivity index is 1.94. The molecule has 0 bridgehead atoms. The second-order valence-electron chi connectivity index (χ2n) is 7.49. The van der Waals surface area contributed by atoms with Crippen molar-refractivity contribution in [3.63, 3.8) is 0 Å². The highest BCUT2D eigenvalue weighted by Gasteiger charge is 2.41. The Morgan fingerprint density at radius 3 is 2.28 bits per heavy atom. The van der Waals surface area contributed by atoms with Crippen molar-refractivity contribution in [1.29, 1.82) is 0 Å². The van der Waals surface area contributed by atoms with Crippen LogP contribution in [0.25, 0.3) is 21.9 Å². The molecule has 0 amide bonds. The molecule has 3 aromatic carbocycles. The van der Waals surface area contributed by atoms with Crippen molar-refractivity contribution in [2.24, 2.45) is 0 Å². The van der Waals surface area contributed by atoms with Crippen molar-refractivity contribution in [1.82, 2.24) is 0 Å². The van der Waals surface area contributed by atoms with E-state index in [1.165, 1.54) is 59.7 Å². The maximum atomic E-state index is 9.85. The predicted molar refractivity (Wildman–Crippen MR) is 103 cm³/mol. The summed E-state index contributed by atoms with van der Waals surface area (Å²) in [6, 6.07) is 19.1. The summed E-state index contributed by atoms with van der Waals surface area (Å²) in [5.41, 5.74) is 6.04. The maximum absolute atomic E-state index is 9.85. The molecule has 0 radical (unpaired) electrons. The van der Waals surface area contributed by atoms with Crippen LogP contribution in [-0.4, -0.2) is 17.2 Å². The molecular formula is C22H21BO2. The van der Waals surface area contributed by atoms with E-state index < -0.39 is 7.12 Å². The Bertz CT molecular complexity index is 971. The van der Waals surface area contributed by atoms with E-state index in [4.69, 9.17) is 0 Å². The lowest BCUT2D eigenvalue weighted by molar-refractivity contribution is 0.348. The normalized spacial score (nSPS) is 17.5. The molecule has 25 heavy (non-hydrogen) atoms. The zero-order valence-corrected chi connectivity index (χ0v) is 14.2. The molecule has 0 aromatic heterocycles. The number of benzene rings is 3. The molecule has 2 aliphatic rings. The number of hydrogen-bond acceptors (Lipinski definition) is 2. The van der Waals surface area contributed by atoms with Crippen LogP contribution in [0.2, 0.25) is 0 Å². The van der Waals surface area contributed by atoms with Gasteiger partial charge in [0.1, 0.15) is 0 Å². The van der Waals surface area contributed by atoms with Crippen LogP contribution in [0.15, 0.2) is 54.6 Å². The van der Waals surface area contributed by atoms with Gasteiger partial charge in [-0.1, -0.05) is 73.9 Å². The lowest BCUT2D eigenvalue weighted by Gasteiger charge is -2.43. The topological polar surface area (TPSA) is 40.5 Å². The molecule has 2 nitrogen and oxygen atoms in total. The minimum Gasteiger partial charge on any atom is -0.423 e. The summed E-state index contributed by atoms with van der Waals surface area (Å²) < 4.78 is 0. The SMILES string of the molecule is OB(O)c1ccc2c3c(cccc13)C1(CCCCC1)c1ccccc1-2. The van der Waals surface area contributed by atoms with Crippen molar-refractivity contribution >= 4 is 23.4 Å². The molecule has 2 N–H and O–H groups in total. The van der Waals surface area contributed by atoms with Gasteiger partial charge in [-0.05, 0) is 51.3 Å². The van der Waals surface area contributed by atoms with Gasteiger partial charge < -0.3 is 10.0 Å². The van der Waals surface area contributed by atoms with Crippen molar-refractivity contribution < 1.29 is 10.0 Å². The van der Waals surface area contributed by atoms with Crippen molar-refractivity contribution in [2.75, 3.05) is 0 Å². The molecule has 0 unspecified atom stereocenters. The minimum absolute atomic E-state index is 0.0698. The highest BCUT2D eigenvalue weighted by atomic mass is 16.4. The van der Waals surface area contributed by atoms with E-state index in [0.29, 0.717) is 5.46 Å². The third kappa shape index (κ3) is 2.00. The molecule has 1 fully saturated rings. The quantitative estimate of drug-likeness (QED) is 0.668. The Morgan fingerprint density at radius 2 is 1.48 bits per heavy atom. The van der Waals surface area contributed by atoms with Gasteiger partial charge in [-0.2, -0.15) is 0 Å². The maximum Gasteiger partial charge on any atom is 0.489 e. The summed E-state index contributed by atoms with van der Waals surface area (Å²) in [4.78, 5) is 0. The van der Waals surface area contributed by atoms with Gasteiger partial charge in [-0.25, -0.2) is 0 Å². The molecule has 3 aromatic rings. The smallest absolute Gasteiger partial charge is 0.423 e. The monoisotopic (exact) mass is 328 g/mol. The molecule has 124 valence electrons. The Morgan fingerprint density at radius 1 is 0.720 bits per heavy atom. The fraction of sp³-hybridized carbons (Fsp3) is 0.273. The summed E-state index contributed by atoms with van der Waals surface area (Å²) in [6.45, 7) is 0. The fourth-order valence-corrected chi connectivity index (χ4v) is 5.25. The Labute approximate surface area is 148 Å². The molecular weight excluding hydrogens is 307 g/mol. The molecule has 1 saturated carbocycles. The van der Waals surface area contributed by atoms with Crippen molar-refractivity contribution in [2.45, 2.75) is 37.5 Å². The third-order valence-corrected chi connectivity index (χ3v) is 6.31. The molecule has 5 rings (SSSR count). The first kappa shape index (κ1) is 15.2. The summed E-state index contributed by atoms with van der Waals surface area (Å²) in [7, 11) is -1.44. The van der Waals surface area contributed by atoms with E-state index in [1.807, 2.05) is 12.1 Å². The van der Waals surface area contributed by atoms with Gasteiger partial charge in [-0.15, -0.1) is 0 Å². The molecule has 0 saturated heterocycles. The number of hydrogen-bond donors (Lipinski definition) is 2. The second kappa shape index (κ2) is 5.45. The first-order valence-corrected chi connectivity index (χ1v) is 9.24. The molecule has 0 atom stereocenters. The van der Waals surface area contributed by atoms with Crippen LogP contribution in [0.5, 0.6) is 0 Å². The fourth-order valence-electron chi connectivity index (χ4n) is 5.25. The van der Waals surface area contributed by atoms with Crippen LogP contribution in [0, 0.1) is 0 Å². The van der Waals surface area contributed by atoms with Crippen LogP contribution in [0.1, 0.15) is 43.2 Å². The van der Waals surface area contributed by atoms with E-state index >= 15 is 0 Å². The van der Waals surface area contributed by atoms with Gasteiger partial charge in [0.05, 0.1) is 0 Å². The van der Waals surface area contributed by atoms with E-state index in [-0.39, 0.29) is 5.41 Å². The zero-order valence-electron chi connectivity index (χ0n) is 14.2. The summed E-state index contributed by atoms with van der Waals surface area (Å²) in [5, 5.41) is 21.9. The van der Waals surface area contributed by atoms with Crippen molar-refractivity contribution in [3.8, 4) is 11.1 Å². The lowest BCUT2D eigenvalue weighted by Crippen LogP contribution is -2.35. The molecule has 3 heteroatoms. The summed E-state index contributed by atoms with van der Waals surface area (Å²) in [6.07, 6.45) is 6.16. The average molecular weight is 328 g/mol. The Kier molecular flexibility index (Phi) is 3.31. The third-order valence-electron chi connectivity index (χ3n) is 6.31. The largest absolute Gasteiger partial charge is 0.489 e. The minimum atomic E-state index is -1.44. The summed E-state index contributed by atoms with van der Waals surface area (Å²) >= 11 is 0. The van der Waals surface area contributed by atoms with Crippen LogP contribution in [-0.2, 0) is 5.41 Å². The van der Waals surface area contributed by atoms with Crippen LogP contribution in [0.4, 0.5) is 0 Å². The first-order chi connectivity index (χ1) is 12.2. The predicted octanol–water partition coefficient (Wildman–Crippen LogP) is 3.75. The highest BCUT2D eigenvalue weighted by Crippen LogP contribution is 2.54. The van der Waals surface area contributed by atoms with Gasteiger partial charge in [0.15, 0.2) is 0 Å². The van der Waals surface area contributed by atoms with Crippen molar-refractivity contribution in [3.05, 3.63) is 65.7 Å². The van der Waals surface area contributed by atoms with Gasteiger partial charge in [0.25, 0.3) is 0 Å². The lowest BCUT2D eigenvalue weighted by atomic mass is 9.59. The molecule has 1 spiro atoms. The second-order valence-corrected chi connectivity index (χ2v) is 7.49. The zero-order chi connectivity index (χ0) is 17.0. The standard InChI is InChI=1S/C22H21BO2/c24-23(25)20-12-11-16-15-7-2-3-9-18(15)22(13-4-1-5-14-22)19-10-6-8-17(20)21(16)19/h2-3,6-12,24-25H,1,4-5,13-14H2. The van der Waals surface area contributed by atoms with Gasteiger partial charge in [0, 0.05) is 5.41 Å². The average Bonchev–Trinajstić information content (AvgIpc) is 2.66. The van der Waals surface area contributed by atoms with E-state index in [9.17, 15) is 10.0 Å². The van der Waals surface area contributed by atoms with Crippen LogP contribution < -0.4 is 5.46 Å². The van der Waals surface area contributed by atoms with Gasteiger partial charge in [-0.3, -0.25) is 0 Å². The van der Waals surface area contributed by atoms with Gasteiger partial charge >= 0.3 is 7.12 Å². The Hall–Kier alpha value is -2.10. The van der Waals surface area contributed by atoms with E-state index in [1.54, 1.807) is 0 Å². The van der Waals surface area contributed by atoms with Crippen LogP contribution >= 0.6 is 0 Å². The number of fused-ring (bicyclic) bond motifs is 4. The van der Waals surface area contributed by atoms with Crippen LogP contribution in [0.3, 0.4) is 0 Å². The number of rotatable bonds is 1. The molecule has 0 aliphatic heterocycles.